The normalized spacial score (nSPS) is 20.2. The molecule has 0 aromatic heterocycles. The number of amidine groups is 1. The molecule has 0 aliphatic carbocycles. The van der Waals surface area contributed by atoms with Gasteiger partial charge in [-0.15, -0.1) is 0 Å². The summed E-state index contributed by atoms with van der Waals surface area (Å²) in [5.41, 5.74) is 6.18. The van der Waals surface area contributed by atoms with Crippen LogP contribution in [0.2, 0.25) is 0 Å². The number of benzene rings is 2. The number of hydrogen-bond donors (Lipinski definition) is 2. The maximum atomic E-state index is 12.8. The summed E-state index contributed by atoms with van der Waals surface area (Å²) in [6, 6.07) is 17.3. The van der Waals surface area contributed by atoms with Crippen LogP contribution in [0.15, 0.2) is 59.6 Å². The van der Waals surface area contributed by atoms with Crippen LogP contribution in [0, 0.1) is 6.92 Å². The topological polar surface area (TPSA) is 77.0 Å². The fourth-order valence-corrected chi connectivity index (χ4v) is 4.06. The van der Waals surface area contributed by atoms with Crippen LogP contribution in [0.4, 0.5) is 5.69 Å². The van der Waals surface area contributed by atoms with E-state index in [2.05, 4.69) is 51.8 Å². The Hall–Kier alpha value is -3.19. The van der Waals surface area contributed by atoms with Crippen LogP contribution in [0.5, 0.6) is 0 Å². The van der Waals surface area contributed by atoms with Gasteiger partial charge in [0.2, 0.25) is 5.84 Å². The average molecular weight is 420 g/mol. The Labute approximate surface area is 183 Å². The molecule has 31 heavy (non-hydrogen) atoms. The zero-order valence-electron chi connectivity index (χ0n) is 18.0. The molecule has 0 radical (unpaired) electrons. The van der Waals surface area contributed by atoms with Crippen molar-refractivity contribution in [2.75, 3.05) is 18.1 Å². The monoisotopic (exact) mass is 419 g/mol. The second kappa shape index (κ2) is 9.31. The number of hydrogen-bond acceptors (Lipinski definition) is 5. The van der Waals surface area contributed by atoms with Gasteiger partial charge in [-0.3, -0.25) is 19.9 Å². The third-order valence-corrected chi connectivity index (χ3v) is 5.76. The smallest absolute Gasteiger partial charge is 0.288 e. The van der Waals surface area contributed by atoms with Crippen LogP contribution in [0.1, 0.15) is 30.9 Å². The van der Waals surface area contributed by atoms with E-state index in [0.29, 0.717) is 5.69 Å². The summed E-state index contributed by atoms with van der Waals surface area (Å²) in [5, 5.41) is 4.49. The molecule has 4 rings (SSSR count). The van der Waals surface area contributed by atoms with E-state index in [1.54, 1.807) is 6.92 Å². The molecule has 1 fully saturated rings. The lowest BCUT2D eigenvalue weighted by molar-refractivity contribution is -0.120. The Morgan fingerprint density at radius 1 is 1.13 bits per heavy atom. The first-order chi connectivity index (χ1) is 15.0. The number of aliphatic imine (C=N–C) groups is 1. The molecule has 7 heteroatoms. The molecule has 2 aliphatic heterocycles. The highest BCUT2D eigenvalue weighted by molar-refractivity contribution is 6.39. The molecule has 2 aliphatic rings. The standard InChI is InChI=1S/C24H29N5O2/c1-17-7-6-8-19(15-17)16-28-13-11-20(12-14-28)26-23(30)22-25-18(2)24(31)29(27-22)21-9-4-3-5-10-21/h3-10,15,18,20H,11-14,16H2,1-2H3,(H,25,27)(H,26,30). The van der Waals surface area contributed by atoms with Crippen LogP contribution in [-0.2, 0) is 16.1 Å². The molecule has 0 bridgehead atoms. The number of anilines is 1. The molecular weight excluding hydrogens is 390 g/mol. The number of nitrogens with zero attached hydrogens (tertiary/aromatic N) is 3. The van der Waals surface area contributed by atoms with Gasteiger partial charge in [-0.2, -0.15) is 0 Å². The number of carbonyl (C=O) groups excluding carboxylic acids is 2. The predicted molar refractivity (Wildman–Crippen MR) is 122 cm³/mol. The van der Waals surface area contributed by atoms with E-state index in [-0.39, 0.29) is 23.7 Å². The lowest BCUT2D eigenvalue weighted by Crippen LogP contribution is -2.59. The number of rotatable bonds is 5. The van der Waals surface area contributed by atoms with Crippen LogP contribution >= 0.6 is 0 Å². The molecule has 1 saturated heterocycles. The highest BCUT2D eigenvalue weighted by Crippen LogP contribution is 2.17. The number of hydrazine groups is 1. The molecule has 7 nitrogen and oxygen atoms in total. The number of carbonyl (C=O) groups is 2. The van der Waals surface area contributed by atoms with Crippen molar-refractivity contribution in [2.24, 2.45) is 4.99 Å². The van der Waals surface area contributed by atoms with Crippen LogP contribution in [0.3, 0.4) is 0 Å². The Morgan fingerprint density at radius 3 is 2.58 bits per heavy atom. The molecule has 162 valence electrons. The fourth-order valence-electron chi connectivity index (χ4n) is 4.06. The molecular formula is C24H29N5O2. The van der Waals surface area contributed by atoms with Gasteiger partial charge in [0, 0.05) is 25.7 Å². The molecule has 1 atom stereocenters. The first-order valence-electron chi connectivity index (χ1n) is 10.8. The number of aryl methyl sites for hydroxylation is 1. The van der Waals surface area contributed by atoms with E-state index in [4.69, 9.17) is 0 Å². The van der Waals surface area contributed by atoms with Gasteiger partial charge in [0.15, 0.2) is 0 Å². The van der Waals surface area contributed by atoms with Crippen molar-refractivity contribution in [3.8, 4) is 0 Å². The quantitative estimate of drug-likeness (QED) is 0.780. The van der Waals surface area contributed by atoms with Crippen molar-refractivity contribution in [2.45, 2.75) is 45.3 Å². The number of piperidine rings is 1. The van der Waals surface area contributed by atoms with E-state index < -0.39 is 6.04 Å². The highest BCUT2D eigenvalue weighted by atomic mass is 16.2. The maximum Gasteiger partial charge on any atom is 0.288 e. The molecule has 0 spiro atoms. The van der Waals surface area contributed by atoms with E-state index in [0.717, 1.165) is 32.5 Å². The zero-order chi connectivity index (χ0) is 21.8. The molecule has 2 amide bonds. The van der Waals surface area contributed by atoms with Crippen molar-refractivity contribution < 1.29 is 9.59 Å². The molecule has 2 aromatic carbocycles. The van der Waals surface area contributed by atoms with E-state index in [1.807, 2.05) is 30.3 Å². The molecule has 0 saturated carbocycles. The number of nitrogens with one attached hydrogen (secondary N) is 2. The summed E-state index contributed by atoms with van der Waals surface area (Å²) in [5.74, 6) is -0.275. The Balaban J connectivity index is 1.32. The maximum absolute atomic E-state index is 12.8. The SMILES string of the molecule is Cc1cccc(CN2CCC(NC(=O)C3=NC(C)C(=O)N(c4ccccc4)N3)CC2)c1. The van der Waals surface area contributed by atoms with Crippen molar-refractivity contribution in [3.63, 3.8) is 0 Å². The third-order valence-electron chi connectivity index (χ3n) is 5.76. The Bertz CT molecular complexity index is 967. The lowest BCUT2D eigenvalue weighted by Gasteiger charge is -2.34. The van der Waals surface area contributed by atoms with Crippen LogP contribution < -0.4 is 15.8 Å². The molecule has 2 N–H and O–H groups in total. The van der Waals surface area contributed by atoms with E-state index in [9.17, 15) is 9.59 Å². The van der Waals surface area contributed by atoms with E-state index in [1.165, 1.54) is 16.1 Å². The predicted octanol–water partition coefficient (Wildman–Crippen LogP) is 2.41. The minimum atomic E-state index is -0.613. The zero-order valence-corrected chi connectivity index (χ0v) is 18.0. The summed E-state index contributed by atoms with van der Waals surface area (Å²) >= 11 is 0. The van der Waals surface area contributed by atoms with Crippen molar-refractivity contribution in [3.05, 3.63) is 65.7 Å². The second-order valence-corrected chi connectivity index (χ2v) is 8.29. The molecule has 1 unspecified atom stereocenters. The Morgan fingerprint density at radius 2 is 1.87 bits per heavy atom. The summed E-state index contributed by atoms with van der Waals surface area (Å²) in [6.45, 7) is 6.62. The molecule has 2 aromatic rings. The summed E-state index contributed by atoms with van der Waals surface area (Å²) in [7, 11) is 0. The molecule has 2 heterocycles. The number of para-hydroxylation sites is 1. The average Bonchev–Trinajstić information content (AvgIpc) is 2.77. The van der Waals surface area contributed by atoms with Crippen LogP contribution in [0.25, 0.3) is 0 Å². The van der Waals surface area contributed by atoms with Gasteiger partial charge in [-0.1, -0.05) is 48.0 Å². The van der Waals surface area contributed by atoms with Gasteiger partial charge in [0.1, 0.15) is 6.04 Å². The van der Waals surface area contributed by atoms with E-state index >= 15 is 0 Å². The number of amides is 2. The summed E-state index contributed by atoms with van der Waals surface area (Å²) in [6.07, 6.45) is 1.78. The fraction of sp³-hybridized carbons (Fsp3) is 0.375. The number of likely N-dealkylation sites (tertiary alicyclic amines) is 1. The van der Waals surface area contributed by atoms with Gasteiger partial charge in [0.25, 0.3) is 11.8 Å². The highest BCUT2D eigenvalue weighted by Gasteiger charge is 2.31. The van der Waals surface area contributed by atoms with Gasteiger partial charge < -0.3 is 5.32 Å². The minimum Gasteiger partial charge on any atom is -0.347 e. The third kappa shape index (κ3) is 5.11. The van der Waals surface area contributed by atoms with Gasteiger partial charge in [0.05, 0.1) is 5.69 Å². The Kier molecular flexibility index (Phi) is 6.32. The van der Waals surface area contributed by atoms with Crippen molar-refractivity contribution >= 4 is 23.3 Å². The minimum absolute atomic E-state index is 0.101. The summed E-state index contributed by atoms with van der Waals surface area (Å²) < 4.78 is 0. The second-order valence-electron chi connectivity index (χ2n) is 8.29. The lowest BCUT2D eigenvalue weighted by atomic mass is 10.0. The van der Waals surface area contributed by atoms with Gasteiger partial charge >= 0.3 is 0 Å². The van der Waals surface area contributed by atoms with Crippen LogP contribution in [-0.4, -0.2) is 47.7 Å². The van der Waals surface area contributed by atoms with Crippen molar-refractivity contribution in [1.82, 2.24) is 15.6 Å². The first kappa shape index (κ1) is 21.1. The summed E-state index contributed by atoms with van der Waals surface area (Å²) in [4.78, 5) is 32.1. The first-order valence-corrected chi connectivity index (χ1v) is 10.8. The van der Waals surface area contributed by atoms with Gasteiger partial charge in [-0.05, 0) is 44.4 Å². The van der Waals surface area contributed by atoms with Gasteiger partial charge in [-0.25, -0.2) is 10.0 Å². The largest absolute Gasteiger partial charge is 0.347 e. The van der Waals surface area contributed by atoms with Crippen molar-refractivity contribution in [1.29, 1.82) is 0 Å².